The average Bonchev–Trinajstić information content (AvgIpc) is 2.72. The maximum atomic E-state index is 11.5. The van der Waals surface area contributed by atoms with Gasteiger partial charge in [-0.25, -0.2) is 0 Å². The predicted octanol–water partition coefficient (Wildman–Crippen LogP) is 1.68. The molecule has 0 fully saturated rings. The molecule has 0 aliphatic carbocycles. The number of nitrogens with two attached hydrogens (primary N) is 1. The number of hydrogen-bond acceptors (Lipinski definition) is 3. The zero-order valence-corrected chi connectivity index (χ0v) is 12.1. The Kier molecular flexibility index (Phi) is 4.19. The molecule has 1 aromatic carbocycles. The molecule has 1 aliphatic heterocycles. The van der Waals surface area contributed by atoms with Crippen molar-refractivity contribution >= 4 is 39.0 Å². The van der Waals surface area contributed by atoms with Gasteiger partial charge >= 0.3 is 0 Å². The van der Waals surface area contributed by atoms with Crippen molar-refractivity contribution in [1.29, 1.82) is 0 Å². The Morgan fingerprint density at radius 3 is 3.06 bits per heavy atom. The van der Waals surface area contributed by atoms with Gasteiger partial charge in [-0.15, -0.1) is 0 Å². The normalized spacial score (nSPS) is 12.7. The molecular weight excluding hydrogens is 316 g/mol. The molecule has 0 unspecified atom stereocenters. The molecule has 1 amide bonds. The Labute approximate surface area is 119 Å². The molecule has 1 heterocycles. The molecular formula is C12H13BrN2O2S. The van der Waals surface area contributed by atoms with Gasteiger partial charge in [0.2, 0.25) is 5.91 Å². The SMILES string of the molecule is NC(=S)CC(=O)NCc1cc(Br)cc2c1OCC2. The van der Waals surface area contributed by atoms with Gasteiger partial charge in [0.1, 0.15) is 5.75 Å². The van der Waals surface area contributed by atoms with Crippen LogP contribution in [0.15, 0.2) is 16.6 Å². The summed E-state index contributed by atoms with van der Waals surface area (Å²) in [5.41, 5.74) is 7.45. The quantitative estimate of drug-likeness (QED) is 0.825. The van der Waals surface area contributed by atoms with Crippen LogP contribution in [-0.4, -0.2) is 17.5 Å². The van der Waals surface area contributed by atoms with Crippen LogP contribution in [0.25, 0.3) is 0 Å². The van der Waals surface area contributed by atoms with Gasteiger partial charge in [0, 0.05) is 23.0 Å². The van der Waals surface area contributed by atoms with Crippen LogP contribution in [0, 0.1) is 0 Å². The fraction of sp³-hybridized carbons (Fsp3) is 0.333. The first-order chi connectivity index (χ1) is 8.56. The van der Waals surface area contributed by atoms with E-state index < -0.39 is 0 Å². The summed E-state index contributed by atoms with van der Waals surface area (Å²) in [6, 6.07) is 3.99. The van der Waals surface area contributed by atoms with Crippen LogP contribution >= 0.6 is 28.1 Å². The van der Waals surface area contributed by atoms with E-state index in [1.54, 1.807) is 0 Å². The zero-order chi connectivity index (χ0) is 13.1. The molecule has 4 nitrogen and oxygen atoms in total. The first-order valence-electron chi connectivity index (χ1n) is 5.55. The van der Waals surface area contributed by atoms with Gasteiger partial charge in [-0.2, -0.15) is 0 Å². The topological polar surface area (TPSA) is 64.4 Å². The Morgan fingerprint density at radius 1 is 1.56 bits per heavy atom. The molecule has 0 saturated heterocycles. The van der Waals surface area contributed by atoms with Crippen molar-refractivity contribution in [2.45, 2.75) is 19.4 Å². The zero-order valence-electron chi connectivity index (χ0n) is 9.66. The van der Waals surface area contributed by atoms with E-state index in [0.29, 0.717) is 13.2 Å². The van der Waals surface area contributed by atoms with E-state index in [2.05, 4.69) is 33.5 Å². The average molecular weight is 329 g/mol. The summed E-state index contributed by atoms with van der Waals surface area (Å²) >= 11 is 8.14. The van der Waals surface area contributed by atoms with Crippen molar-refractivity contribution in [3.8, 4) is 5.75 Å². The van der Waals surface area contributed by atoms with Crippen molar-refractivity contribution in [2.75, 3.05) is 6.61 Å². The third kappa shape index (κ3) is 3.20. The summed E-state index contributed by atoms with van der Waals surface area (Å²) in [4.78, 5) is 11.7. The van der Waals surface area contributed by atoms with E-state index in [9.17, 15) is 4.79 Å². The third-order valence-corrected chi connectivity index (χ3v) is 3.24. The Bertz CT molecular complexity index is 505. The Balaban J connectivity index is 2.06. The van der Waals surface area contributed by atoms with Gasteiger partial charge < -0.3 is 15.8 Å². The second-order valence-electron chi connectivity index (χ2n) is 4.07. The van der Waals surface area contributed by atoms with E-state index in [0.717, 1.165) is 22.2 Å². The van der Waals surface area contributed by atoms with E-state index >= 15 is 0 Å². The summed E-state index contributed by atoms with van der Waals surface area (Å²) in [5.74, 6) is 0.711. The number of halogens is 1. The van der Waals surface area contributed by atoms with Gasteiger partial charge in [0.05, 0.1) is 18.0 Å². The highest BCUT2D eigenvalue weighted by Gasteiger charge is 2.17. The van der Waals surface area contributed by atoms with E-state index in [1.165, 1.54) is 5.56 Å². The van der Waals surface area contributed by atoms with Gasteiger partial charge in [-0.3, -0.25) is 4.79 Å². The highest BCUT2D eigenvalue weighted by atomic mass is 79.9. The second-order valence-corrected chi connectivity index (χ2v) is 5.51. The van der Waals surface area contributed by atoms with Gasteiger partial charge in [-0.05, 0) is 17.7 Å². The number of ether oxygens (including phenoxy) is 1. The van der Waals surface area contributed by atoms with Crippen LogP contribution in [0.3, 0.4) is 0 Å². The van der Waals surface area contributed by atoms with Gasteiger partial charge in [-0.1, -0.05) is 28.1 Å². The third-order valence-electron chi connectivity index (χ3n) is 2.64. The van der Waals surface area contributed by atoms with Crippen molar-refractivity contribution in [1.82, 2.24) is 5.32 Å². The minimum atomic E-state index is -0.172. The number of fused-ring (bicyclic) bond motifs is 1. The largest absolute Gasteiger partial charge is 0.493 e. The fourth-order valence-electron chi connectivity index (χ4n) is 1.89. The molecule has 0 atom stereocenters. The predicted molar refractivity (Wildman–Crippen MR) is 76.6 cm³/mol. The number of rotatable bonds is 4. The Hall–Kier alpha value is -1.14. The first kappa shape index (κ1) is 13.3. The van der Waals surface area contributed by atoms with E-state index in [1.807, 2.05) is 12.1 Å². The summed E-state index contributed by atoms with van der Waals surface area (Å²) in [6.07, 6.45) is 0.981. The maximum absolute atomic E-state index is 11.5. The minimum Gasteiger partial charge on any atom is -0.493 e. The smallest absolute Gasteiger partial charge is 0.227 e. The molecule has 0 aromatic heterocycles. The van der Waals surface area contributed by atoms with Crippen LogP contribution in [0.2, 0.25) is 0 Å². The summed E-state index contributed by atoms with van der Waals surface area (Å²) in [6.45, 7) is 1.11. The fourth-order valence-corrected chi connectivity index (χ4v) is 2.58. The molecule has 18 heavy (non-hydrogen) atoms. The van der Waals surface area contributed by atoms with Crippen LogP contribution in [0.1, 0.15) is 17.5 Å². The number of thiocarbonyl (C=S) groups is 1. The van der Waals surface area contributed by atoms with Crippen LogP contribution in [-0.2, 0) is 17.8 Å². The molecule has 1 aliphatic rings. The lowest BCUT2D eigenvalue weighted by Gasteiger charge is -2.10. The molecule has 3 N–H and O–H groups in total. The molecule has 6 heteroatoms. The molecule has 0 saturated carbocycles. The lowest BCUT2D eigenvalue weighted by atomic mass is 10.1. The number of hydrogen-bond donors (Lipinski definition) is 2. The standard InChI is InChI=1S/C12H13BrN2O2S/c13-9-3-7-1-2-17-12(7)8(4-9)6-15-11(16)5-10(14)18/h3-4H,1-2,5-6H2,(H2,14,18)(H,15,16). The highest BCUT2D eigenvalue weighted by Crippen LogP contribution is 2.32. The van der Waals surface area contributed by atoms with Crippen LogP contribution in [0.5, 0.6) is 5.75 Å². The highest BCUT2D eigenvalue weighted by molar-refractivity contribution is 9.10. The number of nitrogens with one attached hydrogen (secondary N) is 1. The van der Waals surface area contributed by atoms with E-state index in [-0.39, 0.29) is 17.3 Å². The second kappa shape index (κ2) is 5.67. The molecule has 1 aromatic rings. The van der Waals surface area contributed by atoms with Crippen molar-refractivity contribution in [2.24, 2.45) is 5.73 Å². The number of carbonyl (C=O) groups is 1. The Morgan fingerprint density at radius 2 is 2.33 bits per heavy atom. The number of carbonyl (C=O) groups excluding carboxylic acids is 1. The molecule has 0 radical (unpaired) electrons. The summed E-state index contributed by atoms with van der Waals surface area (Å²) < 4.78 is 6.57. The molecule has 0 spiro atoms. The minimum absolute atomic E-state index is 0.0758. The lowest BCUT2D eigenvalue weighted by Crippen LogP contribution is -2.27. The lowest BCUT2D eigenvalue weighted by molar-refractivity contribution is -0.120. The van der Waals surface area contributed by atoms with Gasteiger partial charge in [0.25, 0.3) is 0 Å². The first-order valence-corrected chi connectivity index (χ1v) is 6.75. The van der Waals surface area contributed by atoms with Crippen molar-refractivity contribution in [3.63, 3.8) is 0 Å². The molecule has 0 bridgehead atoms. The van der Waals surface area contributed by atoms with Gasteiger partial charge in [0.15, 0.2) is 0 Å². The molecule has 96 valence electrons. The summed E-state index contributed by atoms with van der Waals surface area (Å²) in [7, 11) is 0. The van der Waals surface area contributed by atoms with Crippen LogP contribution in [0.4, 0.5) is 0 Å². The number of amides is 1. The van der Waals surface area contributed by atoms with Crippen molar-refractivity contribution < 1.29 is 9.53 Å². The summed E-state index contributed by atoms with van der Waals surface area (Å²) in [5, 5.41) is 2.78. The van der Waals surface area contributed by atoms with E-state index in [4.69, 9.17) is 10.5 Å². The monoisotopic (exact) mass is 328 g/mol. The maximum Gasteiger partial charge on any atom is 0.227 e. The number of benzene rings is 1. The van der Waals surface area contributed by atoms with Crippen LogP contribution < -0.4 is 15.8 Å². The van der Waals surface area contributed by atoms with Crippen molar-refractivity contribution in [3.05, 3.63) is 27.7 Å². The molecule has 2 rings (SSSR count).